The second kappa shape index (κ2) is 8.10. The molecule has 0 amide bonds. The van der Waals surface area contributed by atoms with Crippen LogP contribution in [0.3, 0.4) is 0 Å². The topological polar surface area (TPSA) is 66.1 Å². The van der Waals surface area contributed by atoms with Crippen LogP contribution in [0.4, 0.5) is 8.78 Å². The Balaban J connectivity index is 2.42. The average molecular weight is 337 g/mol. The number of H-pyrrole nitrogens is 1. The molecule has 5 nitrogen and oxygen atoms in total. The molecule has 1 N–H and O–H groups in total. The summed E-state index contributed by atoms with van der Waals surface area (Å²) in [5, 5.41) is 7.83. The molecule has 7 heteroatoms. The predicted molar refractivity (Wildman–Crippen MR) is 87.1 cm³/mol. The zero-order chi connectivity index (χ0) is 17.7. The maximum absolute atomic E-state index is 12.6. The van der Waals surface area contributed by atoms with Crippen molar-refractivity contribution in [1.29, 1.82) is 0 Å². The molecule has 0 aliphatic heterocycles. The van der Waals surface area contributed by atoms with Crippen molar-refractivity contribution in [2.45, 2.75) is 32.7 Å². The lowest BCUT2D eigenvalue weighted by Crippen LogP contribution is -2.25. The third-order valence-corrected chi connectivity index (χ3v) is 4.09. The van der Waals surface area contributed by atoms with Gasteiger partial charge in [-0.1, -0.05) is 6.07 Å². The van der Waals surface area contributed by atoms with E-state index in [4.69, 9.17) is 0 Å². The van der Waals surface area contributed by atoms with Gasteiger partial charge in [-0.15, -0.1) is 0 Å². The van der Waals surface area contributed by atoms with Gasteiger partial charge >= 0.3 is 0 Å². The minimum absolute atomic E-state index is 0.151. The van der Waals surface area contributed by atoms with E-state index < -0.39 is 12.3 Å². The lowest BCUT2D eigenvalue weighted by atomic mass is 9.91. The van der Waals surface area contributed by atoms with Crippen LogP contribution in [0.1, 0.15) is 23.1 Å². The fourth-order valence-corrected chi connectivity index (χ4v) is 2.94. The van der Waals surface area contributed by atoms with E-state index in [1.54, 1.807) is 18.1 Å². The summed E-state index contributed by atoms with van der Waals surface area (Å²) in [5.41, 5.74) is 3.58. The fourth-order valence-electron chi connectivity index (χ4n) is 2.94. The van der Waals surface area contributed by atoms with E-state index in [0.717, 1.165) is 40.2 Å². The third-order valence-electron chi connectivity index (χ3n) is 4.09. The summed E-state index contributed by atoms with van der Waals surface area (Å²) in [5.74, 6) is -0.412. The molecular weight excluding hydrogens is 316 g/mol. The Morgan fingerprint density at radius 1 is 1.38 bits per heavy atom. The van der Waals surface area contributed by atoms with Gasteiger partial charge in [-0.05, 0) is 37.1 Å². The molecule has 0 spiro atoms. The highest BCUT2D eigenvalue weighted by atomic mass is 19.3. The summed E-state index contributed by atoms with van der Waals surface area (Å²) in [6, 6.07) is 1.94. The first-order valence-electron chi connectivity index (χ1n) is 7.76. The number of alkyl halides is 2. The van der Waals surface area contributed by atoms with Crippen LogP contribution in [-0.2, 0) is 22.6 Å². The van der Waals surface area contributed by atoms with E-state index >= 15 is 0 Å². The first kappa shape index (κ1) is 18.2. The van der Waals surface area contributed by atoms with Crippen molar-refractivity contribution in [3.63, 3.8) is 0 Å². The quantitative estimate of drug-likeness (QED) is 0.714. The number of nitrogens with zero attached hydrogens (tertiary/aromatic N) is 2. The molecule has 1 atom stereocenters. The van der Waals surface area contributed by atoms with E-state index in [1.165, 1.54) is 0 Å². The summed E-state index contributed by atoms with van der Waals surface area (Å²) in [6.45, 7) is 1.91. The molecule has 0 saturated carbocycles. The van der Waals surface area contributed by atoms with Crippen molar-refractivity contribution in [3.8, 4) is 0 Å². The number of halogens is 2. The molecule has 0 aliphatic carbocycles. The number of fused-ring (bicyclic) bond motifs is 1. The van der Waals surface area contributed by atoms with E-state index in [1.807, 2.05) is 13.0 Å². The van der Waals surface area contributed by atoms with Crippen LogP contribution in [-0.4, -0.2) is 47.7 Å². The van der Waals surface area contributed by atoms with Crippen LogP contribution in [0.15, 0.2) is 12.3 Å². The lowest BCUT2D eigenvalue weighted by molar-refractivity contribution is -0.115. The third kappa shape index (κ3) is 4.23. The highest BCUT2D eigenvalue weighted by Crippen LogP contribution is 2.27. The van der Waals surface area contributed by atoms with E-state index in [0.29, 0.717) is 13.0 Å². The van der Waals surface area contributed by atoms with Gasteiger partial charge in [-0.25, -0.2) is 8.78 Å². The van der Waals surface area contributed by atoms with Crippen molar-refractivity contribution in [2.24, 2.45) is 5.92 Å². The van der Waals surface area contributed by atoms with E-state index in [-0.39, 0.29) is 13.0 Å². The largest absolute Gasteiger partial charge is 0.303 e. The smallest absolute Gasteiger partial charge is 0.251 e. The number of carbonyl (C=O) groups is 2. The first-order valence-corrected chi connectivity index (χ1v) is 7.76. The van der Waals surface area contributed by atoms with Gasteiger partial charge in [0.15, 0.2) is 0 Å². The van der Waals surface area contributed by atoms with Crippen LogP contribution in [0.5, 0.6) is 0 Å². The lowest BCUT2D eigenvalue weighted by Gasteiger charge is -2.21. The minimum Gasteiger partial charge on any atom is -0.303 e. The van der Waals surface area contributed by atoms with Crippen LogP contribution >= 0.6 is 0 Å². The summed E-state index contributed by atoms with van der Waals surface area (Å²) in [7, 11) is 1.63. The molecule has 0 saturated heterocycles. The summed E-state index contributed by atoms with van der Waals surface area (Å²) < 4.78 is 25.3. The van der Waals surface area contributed by atoms with E-state index in [2.05, 4.69) is 10.2 Å². The normalized spacial score (nSPS) is 12.9. The SMILES string of the molecule is Cc1cc(C[C@H](C=O)CC=O)c(CN(C)CC(F)F)c2cn[nH]c12. The van der Waals surface area contributed by atoms with Crippen molar-refractivity contribution in [1.82, 2.24) is 15.1 Å². The predicted octanol–water partition coefficient (Wildman–Crippen LogP) is 2.51. The van der Waals surface area contributed by atoms with Crippen molar-refractivity contribution in [3.05, 3.63) is 29.0 Å². The zero-order valence-electron chi connectivity index (χ0n) is 13.8. The van der Waals surface area contributed by atoms with Gasteiger partial charge in [0.25, 0.3) is 6.43 Å². The Morgan fingerprint density at radius 3 is 2.75 bits per heavy atom. The molecule has 2 aromatic rings. The molecule has 0 bridgehead atoms. The molecule has 0 fully saturated rings. The van der Waals surface area contributed by atoms with Gasteiger partial charge in [0.2, 0.25) is 0 Å². The Labute approximate surface area is 139 Å². The number of aldehydes is 2. The molecule has 0 aliphatic rings. The van der Waals surface area contributed by atoms with Gasteiger partial charge in [0, 0.05) is 24.3 Å². The van der Waals surface area contributed by atoms with Crippen LogP contribution < -0.4 is 0 Å². The van der Waals surface area contributed by atoms with Gasteiger partial charge in [-0.3, -0.25) is 10.00 Å². The van der Waals surface area contributed by atoms with Gasteiger partial charge < -0.3 is 9.59 Å². The van der Waals surface area contributed by atoms with Gasteiger partial charge in [0.1, 0.15) is 12.6 Å². The second-order valence-electron chi connectivity index (χ2n) is 6.08. The number of aryl methyl sites for hydroxylation is 1. The molecule has 1 aromatic heterocycles. The molecule has 2 rings (SSSR count). The molecule has 1 heterocycles. The summed E-state index contributed by atoms with van der Waals surface area (Å²) in [6.07, 6.45) is 1.32. The minimum atomic E-state index is -2.42. The number of carbonyl (C=O) groups excluding carboxylic acids is 2. The summed E-state index contributed by atoms with van der Waals surface area (Å²) in [4.78, 5) is 23.5. The number of nitrogens with one attached hydrogen (secondary N) is 1. The molecular formula is C17H21F2N3O2. The zero-order valence-corrected chi connectivity index (χ0v) is 13.8. The Kier molecular flexibility index (Phi) is 6.14. The number of hydrogen-bond donors (Lipinski definition) is 1. The van der Waals surface area contributed by atoms with Crippen LogP contribution in [0, 0.1) is 12.8 Å². The van der Waals surface area contributed by atoms with Crippen molar-refractivity contribution in [2.75, 3.05) is 13.6 Å². The molecule has 1 aromatic carbocycles. The van der Waals surface area contributed by atoms with Crippen molar-refractivity contribution < 1.29 is 18.4 Å². The number of aromatic nitrogens is 2. The number of rotatable bonds is 9. The molecule has 0 radical (unpaired) electrons. The molecule has 24 heavy (non-hydrogen) atoms. The molecule has 130 valence electrons. The van der Waals surface area contributed by atoms with Gasteiger partial charge in [0.05, 0.1) is 18.3 Å². The number of benzene rings is 1. The number of hydrogen-bond acceptors (Lipinski definition) is 4. The monoisotopic (exact) mass is 337 g/mol. The molecule has 0 unspecified atom stereocenters. The highest BCUT2D eigenvalue weighted by molar-refractivity contribution is 5.86. The first-order chi connectivity index (χ1) is 11.5. The fraction of sp³-hybridized carbons (Fsp3) is 0.471. The maximum Gasteiger partial charge on any atom is 0.251 e. The van der Waals surface area contributed by atoms with Crippen LogP contribution in [0.2, 0.25) is 0 Å². The Morgan fingerprint density at radius 2 is 2.12 bits per heavy atom. The van der Waals surface area contributed by atoms with Crippen molar-refractivity contribution >= 4 is 23.5 Å². The van der Waals surface area contributed by atoms with Gasteiger partial charge in [-0.2, -0.15) is 5.10 Å². The standard InChI is InChI=1S/C17H21F2N3O2/c1-11-5-13(6-12(10-24)3-4-23)15(8-22(2)9-16(18)19)14-7-20-21-17(11)14/h4-5,7,10,12,16H,3,6,8-9H2,1-2H3,(H,20,21)/t12-/m1/s1. The number of aromatic amines is 1. The Bertz CT molecular complexity index is 715. The second-order valence-corrected chi connectivity index (χ2v) is 6.08. The summed E-state index contributed by atoms with van der Waals surface area (Å²) >= 11 is 0. The van der Waals surface area contributed by atoms with Crippen LogP contribution in [0.25, 0.3) is 10.9 Å². The maximum atomic E-state index is 12.6. The Hall–Kier alpha value is -2.15. The van der Waals surface area contributed by atoms with E-state index in [9.17, 15) is 18.4 Å². The highest BCUT2D eigenvalue weighted by Gasteiger charge is 2.18. The average Bonchev–Trinajstić information content (AvgIpc) is 2.99.